The summed E-state index contributed by atoms with van der Waals surface area (Å²) in [6, 6.07) is 10.5. The van der Waals surface area contributed by atoms with Gasteiger partial charge < -0.3 is 9.80 Å². The van der Waals surface area contributed by atoms with Crippen LogP contribution in [0.15, 0.2) is 48.9 Å². The molecule has 2 aromatic rings. The highest BCUT2D eigenvalue weighted by molar-refractivity contribution is 5.85. The zero-order valence-corrected chi connectivity index (χ0v) is 15.2. The third-order valence-electron chi connectivity index (χ3n) is 5.79. The number of benzene rings is 1. The maximum absolute atomic E-state index is 13.2. The number of carbonyl (C=O) groups is 1. The molecule has 2 fully saturated rings. The summed E-state index contributed by atoms with van der Waals surface area (Å²) in [5.41, 5.74) is 1.13. The minimum atomic E-state index is -0.220. The smallest absolute Gasteiger partial charge is 0.230 e. The van der Waals surface area contributed by atoms with E-state index in [1.165, 1.54) is 5.56 Å². The zero-order chi connectivity index (χ0) is 17.8. The van der Waals surface area contributed by atoms with Crippen LogP contribution in [0.3, 0.4) is 0 Å². The molecule has 4 rings (SSSR count). The van der Waals surface area contributed by atoms with Crippen molar-refractivity contribution in [1.29, 1.82) is 0 Å². The molecule has 1 spiro atoms. The van der Waals surface area contributed by atoms with E-state index < -0.39 is 0 Å². The minimum absolute atomic E-state index is 0.220. The van der Waals surface area contributed by atoms with Gasteiger partial charge in [-0.2, -0.15) is 0 Å². The lowest BCUT2D eigenvalue weighted by molar-refractivity contribution is -0.145. The lowest BCUT2D eigenvalue weighted by Gasteiger charge is -2.39. The second kappa shape index (κ2) is 7.44. The van der Waals surface area contributed by atoms with Crippen molar-refractivity contribution in [2.24, 2.45) is 5.41 Å². The van der Waals surface area contributed by atoms with E-state index in [1.807, 2.05) is 6.07 Å². The topological polar surface area (TPSA) is 49.3 Å². The van der Waals surface area contributed by atoms with E-state index in [1.54, 1.807) is 18.6 Å². The molecule has 2 aliphatic rings. The number of amides is 1. The Morgan fingerprint density at radius 1 is 1.08 bits per heavy atom. The fourth-order valence-electron chi connectivity index (χ4n) is 4.39. The summed E-state index contributed by atoms with van der Waals surface area (Å²) >= 11 is 0. The van der Waals surface area contributed by atoms with Crippen molar-refractivity contribution in [3.05, 3.63) is 54.5 Å². The first-order valence-corrected chi connectivity index (χ1v) is 9.61. The molecule has 26 heavy (non-hydrogen) atoms. The van der Waals surface area contributed by atoms with Crippen LogP contribution in [0, 0.1) is 5.41 Å². The molecule has 0 N–H and O–H groups in total. The van der Waals surface area contributed by atoms with Crippen molar-refractivity contribution in [3.63, 3.8) is 0 Å². The van der Waals surface area contributed by atoms with Gasteiger partial charge in [0.2, 0.25) is 5.91 Å². The normalized spacial score (nSPS) is 23.0. The average molecular weight is 350 g/mol. The van der Waals surface area contributed by atoms with Crippen LogP contribution in [0.5, 0.6) is 0 Å². The second-order valence-electron chi connectivity index (χ2n) is 7.50. The van der Waals surface area contributed by atoms with Crippen molar-refractivity contribution in [3.8, 4) is 0 Å². The molecule has 2 aliphatic heterocycles. The fourth-order valence-corrected chi connectivity index (χ4v) is 4.39. The van der Waals surface area contributed by atoms with Gasteiger partial charge in [0.15, 0.2) is 0 Å². The first kappa shape index (κ1) is 17.0. The molecule has 0 aliphatic carbocycles. The van der Waals surface area contributed by atoms with Crippen molar-refractivity contribution >= 4 is 11.7 Å². The number of rotatable bonds is 5. The molecule has 2 saturated heterocycles. The monoisotopic (exact) mass is 350 g/mol. The Morgan fingerprint density at radius 3 is 2.77 bits per heavy atom. The van der Waals surface area contributed by atoms with E-state index in [0.29, 0.717) is 5.91 Å². The minimum Gasteiger partial charge on any atom is -0.354 e. The third-order valence-corrected chi connectivity index (χ3v) is 5.79. The van der Waals surface area contributed by atoms with Crippen molar-refractivity contribution in [2.45, 2.75) is 32.1 Å². The van der Waals surface area contributed by atoms with Crippen LogP contribution in [0.25, 0.3) is 0 Å². The molecule has 3 heterocycles. The van der Waals surface area contributed by atoms with Gasteiger partial charge in [0, 0.05) is 38.6 Å². The summed E-state index contributed by atoms with van der Waals surface area (Å²) in [5.74, 6) is 1.24. The van der Waals surface area contributed by atoms with Crippen LogP contribution >= 0.6 is 0 Å². The summed E-state index contributed by atoms with van der Waals surface area (Å²) in [6.07, 6.45) is 10.3. The highest BCUT2D eigenvalue weighted by Crippen LogP contribution is 2.41. The van der Waals surface area contributed by atoms with E-state index in [9.17, 15) is 4.79 Å². The Balaban J connectivity index is 1.37. The molecule has 5 nitrogen and oxygen atoms in total. The summed E-state index contributed by atoms with van der Waals surface area (Å²) < 4.78 is 0. The van der Waals surface area contributed by atoms with Crippen molar-refractivity contribution < 1.29 is 4.79 Å². The number of aromatic nitrogens is 2. The maximum atomic E-state index is 13.2. The van der Waals surface area contributed by atoms with Crippen LogP contribution < -0.4 is 4.90 Å². The van der Waals surface area contributed by atoms with Gasteiger partial charge >= 0.3 is 0 Å². The third kappa shape index (κ3) is 3.43. The predicted octanol–water partition coefficient (Wildman–Crippen LogP) is 2.93. The number of nitrogens with zero attached hydrogens (tertiary/aromatic N) is 4. The number of anilines is 1. The Morgan fingerprint density at radius 2 is 1.96 bits per heavy atom. The molecule has 1 aromatic carbocycles. The van der Waals surface area contributed by atoms with Gasteiger partial charge in [-0.3, -0.25) is 9.78 Å². The summed E-state index contributed by atoms with van der Waals surface area (Å²) in [7, 11) is 0. The van der Waals surface area contributed by atoms with Gasteiger partial charge in [-0.05, 0) is 37.7 Å². The number of likely N-dealkylation sites (tertiary alicyclic amines) is 1. The average Bonchev–Trinajstić information content (AvgIpc) is 3.12. The lowest BCUT2D eigenvalue weighted by atomic mass is 9.78. The number of hydrogen-bond acceptors (Lipinski definition) is 4. The molecule has 136 valence electrons. The van der Waals surface area contributed by atoms with E-state index >= 15 is 0 Å². The molecule has 0 saturated carbocycles. The standard InChI is InChI=1S/C21H26N4O/c26-20-21(10-15-25(17-21)19-16-22-11-12-23-19)9-5-14-24(20)13-4-8-18-6-2-1-3-7-18/h1-3,6-7,11-12,16H,4-5,8-10,13-15,17H2. The van der Waals surface area contributed by atoms with Gasteiger partial charge in [0.05, 0.1) is 11.6 Å². The SMILES string of the molecule is O=C1N(CCCc2ccccc2)CCCC12CCN(c1cnccn1)C2. The second-order valence-corrected chi connectivity index (χ2v) is 7.50. The fraction of sp³-hybridized carbons (Fsp3) is 0.476. The number of hydrogen-bond donors (Lipinski definition) is 0. The number of piperidine rings is 1. The van der Waals surface area contributed by atoms with Gasteiger partial charge in [0.1, 0.15) is 5.82 Å². The zero-order valence-electron chi connectivity index (χ0n) is 15.2. The van der Waals surface area contributed by atoms with Crippen molar-refractivity contribution in [1.82, 2.24) is 14.9 Å². The van der Waals surface area contributed by atoms with E-state index in [4.69, 9.17) is 0 Å². The molecule has 0 bridgehead atoms. The highest BCUT2D eigenvalue weighted by atomic mass is 16.2. The summed E-state index contributed by atoms with van der Waals surface area (Å²) in [4.78, 5) is 26.1. The maximum Gasteiger partial charge on any atom is 0.230 e. The van der Waals surface area contributed by atoms with E-state index in [0.717, 1.165) is 64.1 Å². The quantitative estimate of drug-likeness (QED) is 0.832. The molecule has 1 unspecified atom stereocenters. The van der Waals surface area contributed by atoms with Crippen LogP contribution in [-0.4, -0.2) is 47.0 Å². The van der Waals surface area contributed by atoms with Crippen LogP contribution in [-0.2, 0) is 11.2 Å². The summed E-state index contributed by atoms with van der Waals surface area (Å²) in [5, 5.41) is 0. The lowest BCUT2D eigenvalue weighted by Crippen LogP contribution is -2.50. The van der Waals surface area contributed by atoms with Crippen LogP contribution in [0.4, 0.5) is 5.82 Å². The molecule has 1 atom stereocenters. The first-order chi connectivity index (χ1) is 12.8. The van der Waals surface area contributed by atoms with Gasteiger partial charge in [-0.25, -0.2) is 4.98 Å². The first-order valence-electron chi connectivity index (χ1n) is 9.61. The highest BCUT2D eigenvalue weighted by Gasteiger charge is 2.48. The molecular weight excluding hydrogens is 324 g/mol. The number of aryl methyl sites for hydroxylation is 1. The Labute approximate surface area is 155 Å². The van der Waals surface area contributed by atoms with E-state index in [2.05, 4.69) is 44.0 Å². The van der Waals surface area contributed by atoms with Crippen molar-refractivity contribution in [2.75, 3.05) is 31.1 Å². The van der Waals surface area contributed by atoms with E-state index in [-0.39, 0.29) is 5.41 Å². The van der Waals surface area contributed by atoms with Gasteiger partial charge in [-0.15, -0.1) is 0 Å². The molecule has 1 aromatic heterocycles. The molecule has 5 heteroatoms. The molecule has 1 amide bonds. The van der Waals surface area contributed by atoms with Crippen LogP contribution in [0.1, 0.15) is 31.2 Å². The predicted molar refractivity (Wildman–Crippen MR) is 102 cm³/mol. The Hall–Kier alpha value is -2.43. The number of carbonyl (C=O) groups excluding carboxylic acids is 1. The molecular formula is C21H26N4O. The Kier molecular flexibility index (Phi) is 4.87. The molecule has 0 radical (unpaired) electrons. The van der Waals surface area contributed by atoms with Crippen LogP contribution in [0.2, 0.25) is 0 Å². The Bertz CT molecular complexity index is 736. The largest absolute Gasteiger partial charge is 0.354 e. The van der Waals surface area contributed by atoms with Gasteiger partial charge in [0.25, 0.3) is 0 Å². The summed E-state index contributed by atoms with van der Waals surface area (Å²) in [6.45, 7) is 3.43. The van der Waals surface area contributed by atoms with Gasteiger partial charge in [-0.1, -0.05) is 30.3 Å².